The summed E-state index contributed by atoms with van der Waals surface area (Å²) in [5.74, 6) is 0.538. The van der Waals surface area contributed by atoms with Gasteiger partial charge < -0.3 is 5.32 Å². The van der Waals surface area contributed by atoms with Crippen molar-refractivity contribution in [2.75, 3.05) is 6.54 Å². The fourth-order valence-corrected chi connectivity index (χ4v) is 1.54. The van der Waals surface area contributed by atoms with E-state index in [1.54, 1.807) is 10.8 Å². The predicted octanol–water partition coefficient (Wildman–Crippen LogP) is 1.49. The Labute approximate surface area is 105 Å². The van der Waals surface area contributed by atoms with Gasteiger partial charge in [-0.3, -0.25) is 4.79 Å². The molecule has 0 fully saturated rings. The molecule has 1 heterocycles. The Hall–Kier alpha value is -2.43. The molecule has 18 heavy (non-hydrogen) atoms. The van der Waals surface area contributed by atoms with Crippen molar-refractivity contribution < 1.29 is 4.79 Å². The normalized spacial score (nSPS) is 10.1. The zero-order valence-electron chi connectivity index (χ0n) is 10.1. The van der Waals surface area contributed by atoms with E-state index in [4.69, 9.17) is 0 Å². The van der Waals surface area contributed by atoms with Gasteiger partial charge in [0.25, 0.3) is 5.91 Å². The molecule has 1 aromatic heterocycles. The number of aryl methyl sites for hydroxylation is 1. The van der Waals surface area contributed by atoms with E-state index in [2.05, 4.69) is 22.0 Å². The Kier molecular flexibility index (Phi) is 3.52. The maximum Gasteiger partial charge on any atom is 0.291 e. The van der Waals surface area contributed by atoms with Gasteiger partial charge in [-0.2, -0.15) is 0 Å². The van der Waals surface area contributed by atoms with Crippen molar-refractivity contribution in [2.24, 2.45) is 0 Å². The molecule has 0 atom stereocenters. The topological polar surface area (TPSA) is 59.8 Å². The molecule has 0 aliphatic rings. The lowest BCUT2D eigenvalue weighted by Gasteiger charge is -2.01. The molecule has 5 heteroatoms. The van der Waals surface area contributed by atoms with Gasteiger partial charge in [0.15, 0.2) is 0 Å². The highest BCUT2D eigenvalue weighted by Gasteiger charge is 2.13. The summed E-state index contributed by atoms with van der Waals surface area (Å²) in [6.45, 7) is 5.75. The molecule has 2 rings (SSSR count). The summed E-state index contributed by atoms with van der Waals surface area (Å²) >= 11 is 0. The monoisotopic (exact) mass is 242 g/mol. The fraction of sp³-hybridized carbons (Fsp3) is 0.154. The number of hydrogen-bond acceptors (Lipinski definition) is 3. The van der Waals surface area contributed by atoms with Crippen molar-refractivity contribution in [1.29, 1.82) is 0 Å². The predicted molar refractivity (Wildman–Crippen MR) is 68.6 cm³/mol. The lowest BCUT2D eigenvalue weighted by Crippen LogP contribution is -2.24. The van der Waals surface area contributed by atoms with Crippen LogP contribution in [-0.2, 0) is 0 Å². The number of carbonyl (C=O) groups is 1. The molecule has 1 N–H and O–H groups in total. The molecule has 0 spiro atoms. The van der Waals surface area contributed by atoms with Gasteiger partial charge in [0.2, 0.25) is 5.82 Å². The summed E-state index contributed by atoms with van der Waals surface area (Å²) < 4.78 is 1.64. The van der Waals surface area contributed by atoms with Crippen LogP contribution in [0.2, 0.25) is 0 Å². The second kappa shape index (κ2) is 5.27. The second-order valence-corrected chi connectivity index (χ2v) is 3.73. The van der Waals surface area contributed by atoms with E-state index < -0.39 is 0 Å². The highest BCUT2D eigenvalue weighted by molar-refractivity contribution is 5.90. The van der Waals surface area contributed by atoms with Crippen LogP contribution in [0.4, 0.5) is 0 Å². The number of nitrogens with one attached hydrogen (secondary N) is 1. The molecule has 0 unspecified atom stereocenters. The quantitative estimate of drug-likeness (QED) is 0.826. The third kappa shape index (κ3) is 2.45. The van der Waals surface area contributed by atoms with Crippen LogP contribution in [0.3, 0.4) is 0 Å². The molecule has 0 bridgehead atoms. The zero-order valence-corrected chi connectivity index (χ0v) is 10.1. The van der Waals surface area contributed by atoms with Gasteiger partial charge >= 0.3 is 0 Å². The number of carbonyl (C=O) groups excluding carboxylic acids is 1. The third-order valence-corrected chi connectivity index (χ3v) is 2.38. The number of rotatable bonds is 4. The van der Waals surface area contributed by atoms with Gasteiger partial charge in [0, 0.05) is 6.54 Å². The number of para-hydroxylation sites is 1. The van der Waals surface area contributed by atoms with Gasteiger partial charge in [0.1, 0.15) is 5.82 Å². The Morgan fingerprint density at radius 1 is 1.44 bits per heavy atom. The Morgan fingerprint density at radius 2 is 2.17 bits per heavy atom. The van der Waals surface area contributed by atoms with Crippen molar-refractivity contribution in [3.8, 4) is 5.69 Å². The fourth-order valence-electron chi connectivity index (χ4n) is 1.54. The Balaban J connectivity index is 2.27. The van der Waals surface area contributed by atoms with Crippen LogP contribution < -0.4 is 5.32 Å². The maximum atomic E-state index is 11.7. The minimum Gasteiger partial charge on any atom is -0.346 e. The molecule has 0 aliphatic carbocycles. The molecule has 0 aliphatic heterocycles. The van der Waals surface area contributed by atoms with E-state index in [1.165, 1.54) is 0 Å². The van der Waals surface area contributed by atoms with Crippen molar-refractivity contribution in [1.82, 2.24) is 20.1 Å². The van der Waals surface area contributed by atoms with Crippen LogP contribution in [0.1, 0.15) is 16.4 Å². The minimum absolute atomic E-state index is 0.165. The molecule has 5 nitrogen and oxygen atoms in total. The van der Waals surface area contributed by atoms with Gasteiger partial charge in [-0.1, -0.05) is 24.3 Å². The first-order chi connectivity index (χ1) is 8.72. The lowest BCUT2D eigenvalue weighted by molar-refractivity contribution is 0.0947. The average Bonchev–Trinajstić information content (AvgIpc) is 2.79. The highest BCUT2D eigenvalue weighted by atomic mass is 16.2. The van der Waals surface area contributed by atoms with Gasteiger partial charge in [-0.25, -0.2) is 9.67 Å². The summed E-state index contributed by atoms with van der Waals surface area (Å²) in [5.41, 5.74) is 0.880. The van der Waals surface area contributed by atoms with Crippen LogP contribution in [0.15, 0.2) is 43.0 Å². The van der Waals surface area contributed by atoms with Gasteiger partial charge in [-0.05, 0) is 19.1 Å². The molecule has 0 saturated heterocycles. The van der Waals surface area contributed by atoms with E-state index in [-0.39, 0.29) is 11.7 Å². The average molecular weight is 242 g/mol. The van der Waals surface area contributed by atoms with Gasteiger partial charge in [0.05, 0.1) is 5.69 Å². The first-order valence-corrected chi connectivity index (χ1v) is 5.60. The van der Waals surface area contributed by atoms with Crippen LogP contribution in [0.25, 0.3) is 5.69 Å². The maximum absolute atomic E-state index is 11.7. The molecule has 0 saturated carbocycles. The first kappa shape index (κ1) is 12.0. The largest absolute Gasteiger partial charge is 0.346 e. The third-order valence-electron chi connectivity index (χ3n) is 2.38. The van der Waals surface area contributed by atoms with E-state index in [9.17, 15) is 4.79 Å². The van der Waals surface area contributed by atoms with E-state index in [1.807, 2.05) is 37.3 Å². The SMILES string of the molecule is C=CCNC(=O)c1nc(C)n(-c2ccccc2)n1. The van der Waals surface area contributed by atoms with Gasteiger partial charge in [-0.15, -0.1) is 11.7 Å². The summed E-state index contributed by atoms with van der Waals surface area (Å²) in [6.07, 6.45) is 1.61. The number of amides is 1. The van der Waals surface area contributed by atoms with Crippen LogP contribution in [0, 0.1) is 6.92 Å². The van der Waals surface area contributed by atoms with E-state index in [0.29, 0.717) is 12.4 Å². The van der Waals surface area contributed by atoms with Crippen molar-refractivity contribution in [2.45, 2.75) is 6.92 Å². The second-order valence-electron chi connectivity index (χ2n) is 3.73. The van der Waals surface area contributed by atoms with Crippen molar-refractivity contribution in [3.05, 3.63) is 54.6 Å². The van der Waals surface area contributed by atoms with Crippen LogP contribution in [0.5, 0.6) is 0 Å². The summed E-state index contributed by atoms with van der Waals surface area (Å²) in [5, 5.41) is 6.84. The molecule has 1 aromatic carbocycles. The number of aromatic nitrogens is 3. The minimum atomic E-state index is -0.298. The summed E-state index contributed by atoms with van der Waals surface area (Å²) in [4.78, 5) is 15.8. The smallest absolute Gasteiger partial charge is 0.291 e. The van der Waals surface area contributed by atoms with E-state index in [0.717, 1.165) is 5.69 Å². The van der Waals surface area contributed by atoms with Crippen molar-refractivity contribution >= 4 is 5.91 Å². The number of benzene rings is 1. The molecule has 2 aromatic rings. The van der Waals surface area contributed by atoms with E-state index >= 15 is 0 Å². The van der Waals surface area contributed by atoms with Crippen LogP contribution in [-0.4, -0.2) is 27.2 Å². The summed E-state index contributed by atoms with van der Waals surface area (Å²) in [6, 6.07) is 9.56. The molecule has 1 amide bonds. The standard InChI is InChI=1S/C13H14N4O/c1-3-9-14-13(18)12-15-10(2)17(16-12)11-7-5-4-6-8-11/h3-8H,1,9H2,2H3,(H,14,18). The number of hydrogen-bond donors (Lipinski definition) is 1. The molecule has 92 valence electrons. The van der Waals surface area contributed by atoms with Crippen LogP contribution >= 0.6 is 0 Å². The highest BCUT2D eigenvalue weighted by Crippen LogP contribution is 2.08. The zero-order chi connectivity index (χ0) is 13.0. The Bertz CT molecular complexity index is 560. The Morgan fingerprint density at radius 3 is 2.83 bits per heavy atom. The molecule has 0 radical (unpaired) electrons. The molecular weight excluding hydrogens is 228 g/mol. The van der Waals surface area contributed by atoms with Crippen molar-refractivity contribution in [3.63, 3.8) is 0 Å². The first-order valence-electron chi connectivity index (χ1n) is 5.60. The molecular formula is C13H14N4O. The lowest BCUT2D eigenvalue weighted by atomic mass is 10.3. The number of nitrogens with zero attached hydrogens (tertiary/aromatic N) is 3. The summed E-state index contributed by atoms with van der Waals surface area (Å²) in [7, 11) is 0.